The van der Waals surface area contributed by atoms with Crippen molar-refractivity contribution < 1.29 is 33.9 Å². The Morgan fingerprint density at radius 1 is 0.729 bits per heavy atom. The van der Waals surface area contributed by atoms with Crippen LogP contribution in [0.15, 0.2) is 54.6 Å². The van der Waals surface area contributed by atoms with Crippen molar-refractivity contribution in [3.05, 3.63) is 65.7 Å². The minimum atomic E-state index is -1.11. The van der Waals surface area contributed by atoms with Gasteiger partial charge in [-0.3, -0.25) is 28.8 Å². The molecule has 10 N–H and O–H groups in total. The average Bonchev–Trinajstić information content (AvgIpc) is 3.04. The number of rotatable bonds is 20. The smallest absolute Gasteiger partial charge is 0.243 e. The van der Waals surface area contributed by atoms with Gasteiger partial charge >= 0.3 is 0 Å². The Bertz CT molecular complexity index is 1380. The standard InChI is InChI=1S/C33H47N7O7S/c1-20(2)15-26(30(35)44)40-32(46)25(13-14-48-3)39-33(47)27(17-21-7-5-4-6-8-21)38-29(43)19-36-28(42)18-37-31(45)24(34)16-22-9-11-23(41)12-10-22/h4-12,20,24-27,41H,13-19,34H2,1-3H3,(H2,35,44)(H,36,42)(H,37,45)(H,38,43)(H,39,47)(H,40,46)/t24-,25-,26-,27-/m0/s1. The number of hydrogen-bond acceptors (Lipinski definition) is 9. The number of phenolic OH excluding ortho intramolecular Hbond substituents is 1. The minimum Gasteiger partial charge on any atom is -0.508 e. The molecule has 4 atom stereocenters. The summed E-state index contributed by atoms with van der Waals surface area (Å²) in [6.07, 6.45) is 2.73. The molecule has 0 saturated carbocycles. The van der Waals surface area contributed by atoms with E-state index < -0.39 is 72.7 Å². The van der Waals surface area contributed by atoms with Crippen LogP contribution < -0.4 is 38.1 Å². The normalized spacial score (nSPS) is 13.4. The van der Waals surface area contributed by atoms with Crippen molar-refractivity contribution in [1.82, 2.24) is 26.6 Å². The van der Waals surface area contributed by atoms with Crippen LogP contribution in [0.1, 0.15) is 37.8 Å². The summed E-state index contributed by atoms with van der Waals surface area (Å²) >= 11 is 1.47. The van der Waals surface area contributed by atoms with Crippen LogP contribution in [-0.2, 0) is 41.6 Å². The van der Waals surface area contributed by atoms with E-state index >= 15 is 0 Å². The van der Waals surface area contributed by atoms with E-state index in [2.05, 4.69) is 26.6 Å². The van der Waals surface area contributed by atoms with Crippen LogP contribution in [0.2, 0.25) is 0 Å². The summed E-state index contributed by atoms with van der Waals surface area (Å²) in [7, 11) is 0. The molecule has 2 aromatic carbocycles. The summed E-state index contributed by atoms with van der Waals surface area (Å²) in [4.78, 5) is 76.3. The number of thioether (sulfide) groups is 1. The van der Waals surface area contributed by atoms with Crippen molar-refractivity contribution in [2.75, 3.05) is 25.1 Å². The summed E-state index contributed by atoms with van der Waals surface area (Å²) < 4.78 is 0. The number of benzene rings is 2. The third kappa shape index (κ3) is 14.9. The minimum absolute atomic E-state index is 0.0819. The fourth-order valence-electron chi connectivity index (χ4n) is 4.59. The average molecular weight is 686 g/mol. The molecule has 262 valence electrons. The molecule has 0 fully saturated rings. The van der Waals surface area contributed by atoms with E-state index in [1.807, 2.05) is 20.1 Å². The molecule has 0 saturated heterocycles. The second kappa shape index (κ2) is 20.6. The lowest BCUT2D eigenvalue weighted by Crippen LogP contribution is -2.57. The first-order valence-electron chi connectivity index (χ1n) is 15.6. The fraction of sp³-hybridized carbons (Fsp3) is 0.455. The highest BCUT2D eigenvalue weighted by molar-refractivity contribution is 7.98. The number of carbonyl (C=O) groups excluding carboxylic acids is 6. The quantitative estimate of drug-likeness (QED) is 0.0894. The first kappa shape index (κ1) is 39.5. The van der Waals surface area contributed by atoms with E-state index in [9.17, 15) is 33.9 Å². The van der Waals surface area contributed by atoms with Crippen LogP contribution in [0.25, 0.3) is 0 Å². The van der Waals surface area contributed by atoms with E-state index in [0.717, 1.165) is 11.1 Å². The summed E-state index contributed by atoms with van der Waals surface area (Å²) in [5, 5.41) is 22.2. The maximum absolute atomic E-state index is 13.5. The van der Waals surface area contributed by atoms with Crippen molar-refractivity contribution in [1.29, 1.82) is 0 Å². The number of aromatic hydroxyl groups is 1. The monoisotopic (exact) mass is 685 g/mol. The van der Waals surface area contributed by atoms with E-state index in [1.54, 1.807) is 42.5 Å². The highest BCUT2D eigenvalue weighted by atomic mass is 32.2. The molecule has 6 amide bonds. The third-order valence-electron chi connectivity index (χ3n) is 7.14. The van der Waals surface area contributed by atoms with E-state index in [4.69, 9.17) is 11.5 Å². The molecule has 0 aliphatic rings. The van der Waals surface area contributed by atoms with Gasteiger partial charge in [0, 0.05) is 6.42 Å². The number of primary amides is 1. The zero-order chi connectivity index (χ0) is 35.6. The van der Waals surface area contributed by atoms with E-state index in [-0.39, 0.29) is 30.9 Å². The van der Waals surface area contributed by atoms with Gasteiger partial charge in [-0.1, -0.05) is 56.3 Å². The lowest BCUT2D eigenvalue weighted by Gasteiger charge is -2.25. The highest BCUT2D eigenvalue weighted by Gasteiger charge is 2.29. The van der Waals surface area contributed by atoms with Crippen molar-refractivity contribution >= 4 is 47.2 Å². The van der Waals surface area contributed by atoms with Gasteiger partial charge in [0.05, 0.1) is 19.1 Å². The van der Waals surface area contributed by atoms with Gasteiger partial charge in [0.15, 0.2) is 0 Å². The molecule has 14 nitrogen and oxygen atoms in total. The Balaban J connectivity index is 2.01. The predicted octanol–water partition coefficient (Wildman–Crippen LogP) is -0.524. The van der Waals surface area contributed by atoms with Crippen LogP contribution in [0.3, 0.4) is 0 Å². The Hall–Kier alpha value is -4.63. The van der Waals surface area contributed by atoms with Gasteiger partial charge in [0.1, 0.15) is 23.9 Å². The Morgan fingerprint density at radius 3 is 1.92 bits per heavy atom. The van der Waals surface area contributed by atoms with Gasteiger partial charge in [-0.25, -0.2) is 0 Å². The van der Waals surface area contributed by atoms with Crippen LogP contribution in [0.4, 0.5) is 0 Å². The molecular formula is C33H47N7O7S. The molecule has 0 radical (unpaired) electrons. The SMILES string of the molecule is CSCC[C@H](NC(=O)[C@H](Cc1ccccc1)NC(=O)CNC(=O)CNC(=O)[C@@H](N)Cc1ccc(O)cc1)C(=O)N[C@@H](CC(C)C)C(N)=O. The van der Waals surface area contributed by atoms with Crippen LogP contribution in [0.5, 0.6) is 5.75 Å². The first-order valence-corrected chi connectivity index (χ1v) is 17.0. The third-order valence-corrected chi connectivity index (χ3v) is 7.79. The van der Waals surface area contributed by atoms with Crippen molar-refractivity contribution in [3.63, 3.8) is 0 Å². The second-order valence-corrected chi connectivity index (χ2v) is 12.7. The van der Waals surface area contributed by atoms with Crippen LogP contribution in [0, 0.1) is 5.92 Å². The van der Waals surface area contributed by atoms with Crippen LogP contribution in [-0.4, -0.2) is 89.8 Å². The van der Waals surface area contributed by atoms with Crippen molar-refractivity contribution in [2.45, 2.75) is 63.7 Å². The molecular weight excluding hydrogens is 638 g/mol. The molecule has 0 aliphatic carbocycles. The molecule has 0 aliphatic heterocycles. The Morgan fingerprint density at radius 2 is 1.31 bits per heavy atom. The summed E-state index contributed by atoms with van der Waals surface area (Å²) in [5.74, 6) is -3.09. The molecule has 0 bridgehead atoms. The Labute approximate surface area is 284 Å². The van der Waals surface area contributed by atoms with Gasteiger partial charge in [0.2, 0.25) is 35.4 Å². The van der Waals surface area contributed by atoms with Crippen molar-refractivity contribution in [3.8, 4) is 5.75 Å². The Kier molecular flexibility index (Phi) is 17.0. The first-order chi connectivity index (χ1) is 22.8. The van der Waals surface area contributed by atoms with E-state index in [0.29, 0.717) is 12.2 Å². The number of amides is 6. The van der Waals surface area contributed by atoms with E-state index in [1.165, 1.54) is 23.9 Å². The molecule has 2 rings (SSSR count). The number of phenols is 1. The summed E-state index contributed by atoms with van der Waals surface area (Å²) in [6.45, 7) is 2.86. The molecule has 48 heavy (non-hydrogen) atoms. The number of nitrogens with two attached hydrogens (primary N) is 2. The molecule has 15 heteroatoms. The molecule has 0 unspecified atom stereocenters. The predicted molar refractivity (Wildman–Crippen MR) is 183 cm³/mol. The number of hydrogen-bond donors (Lipinski definition) is 8. The zero-order valence-corrected chi connectivity index (χ0v) is 28.3. The van der Waals surface area contributed by atoms with Crippen molar-refractivity contribution in [2.24, 2.45) is 17.4 Å². The maximum Gasteiger partial charge on any atom is 0.243 e. The van der Waals surface area contributed by atoms with Gasteiger partial charge < -0.3 is 43.2 Å². The lowest BCUT2D eigenvalue weighted by molar-refractivity contribution is -0.133. The van der Waals surface area contributed by atoms with Gasteiger partial charge in [0.25, 0.3) is 0 Å². The largest absolute Gasteiger partial charge is 0.508 e. The summed E-state index contributed by atoms with van der Waals surface area (Å²) in [5.41, 5.74) is 12.9. The molecule has 0 heterocycles. The number of nitrogens with one attached hydrogen (secondary N) is 5. The highest BCUT2D eigenvalue weighted by Crippen LogP contribution is 2.11. The zero-order valence-electron chi connectivity index (χ0n) is 27.5. The van der Waals surface area contributed by atoms with Gasteiger partial charge in [-0.15, -0.1) is 0 Å². The number of carbonyl (C=O) groups is 6. The fourth-order valence-corrected chi connectivity index (χ4v) is 5.06. The van der Waals surface area contributed by atoms with Gasteiger partial charge in [-0.05, 0) is 60.4 Å². The summed E-state index contributed by atoms with van der Waals surface area (Å²) in [6, 6.07) is 11.2. The molecule has 0 spiro atoms. The maximum atomic E-state index is 13.5. The molecule has 2 aromatic rings. The lowest BCUT2D eigenvalue weighted by atomic mass is 10.0. The second-order valence-electron chi connectivity index (χ2n) is 11.7. The topological polar surface area (TPSA) is 235 Å². The van der Waals surface area contributed by atoms with Crippen LogP contribution >= 0.6 is 11.8 Å². The molecule has 0 aromatic heterocycles. The van der Waals surface area contributed by atoms with Gasteiger partial charge in [-0.2, -0.15) is 11.8 Å².